The molecule has 0 amide bonds. The summed E-state index contributed by atoms with van der Waals surface area (Å²) in [5.74, 6) is -0.386. The lowest BCUT2D eigenvalue weighted by molar-refractivity contribution is 0.0456. The van der Waals surface area contributed by atoms with Crippen molar-refractivity contribution in [3.63, 3.8) is 0 Å². The highest BCUT2D eigenvalue weighted by molar-refractivity contribution is 7.85. The molecule has 1 aromatic carbocycles. The SMILES string of the molecule is CC1OC(=O)c2ccccc2S1=O. The molecule has 4 heteroatoms. The average molecular weight is 196 g/mol. The van der Waals surface area contributed by atoms with Crippen LogP contribution < -0.4 is 0 Å². The van der Waals surface area contributed by atoms with Crippen LogP contribution in [0.1, 0.15) is 17.3 Å². The summed E-state index contributed by atoms with van der Waals surface area (Å²) in [5.41, 5.74) is -0.124. The number of benzene rings is 1. The molecule has 0 fully saturated rings. The third kappa shape index (κ3) is 1.27. The van der Waals surface area contributed by atoms with Crippen LogP contribution in [0.25, 0.3) is 0 Å². The second kappa shape index (κ2) is 2.96. The van der Waals surface area contributed by atoms with Crippen molar-refractivity contribution in [3.8, 4) is 0 Å². The first-order chi connectivity index (χ1) is 6.20. The Morgan fingerprint density at radius 1 is 1.38 bits per heavy atom. The molecule has 0 radical (unpaired) electrons. The summed E-state index contributed by atoms with van der Waals surface area (Å²) in [7, 11) is -1.22. The number of fused-ring (bicyclic) bond motifs is 1. The van der Waals surface area contributed by atoms with Crippen LogP contribution in [0.5, 0.6) is 0 Å². The first-order valence-corrected chi connectivity index (χ1v) is 5.12. The van der Waals surface area contributed by atoms with Crippen molar-refractivity contribution in [1.29, 1.82) is 0 Å². The summed E-state index contributed by atoms with van der Waals surface area (Å²) < 4.78 is 16.5. The van der Waals surface area contributed by atoms with Crippen LogP contribution in [0.3, 0.4) is 0 Å². The number of carbonyl (C=O) groups is 1. The van der Waals surface area contributed by atoms with Gasteiger partial charge in [0.05, 0.1) is 21.3 Å². The minimum atomic E-state index is -1.22. The molecule has 0 aliphatic carbocycles. The van der Waals surface area contributed by atoms with E-state index in [4.69, 9.17) is 4.74 Å². The highest BCUT2D eigenvalue weighted by atomic mass is 32.2. The zero-order chi connectivity index (χ0) is 9.42. The summed E-state index contributed by atoms with van der Waals surface area (Å²) in [4.78, 5) is 11.9. The van der Waals surface area contributed by atoms with Crippen LogP contribution in [0.2, 0.25) is 0 Å². The number of rotatable bonds is 0. The van der Waals surface area contributed by atoms with E-state index in [9.17, 15) is 9.00 Å². The van der Waals surface area contributed by atoms with E-state index in [2.05, 4.69) is 0 Å². The van der Waals surface area contributed by atoms with Crippen molar-refractivity contribution in [2.45, 2.75) is 17.3 Å². The maximum absolute atomic E-state index is 11.6. The summed E-state index contributed by atoms with van der Waals surface area (Å²) >= 11 is 0. The van der Waals surface area contributed by atoms with Crippen molar-refractivity contribution in [1.82, 2.24) is 0 Å². The molecule has 2 atom stereocenters. The van der Waals surface area contributed by atoms with E-state index in [1.807, 2.05) is 0 Å². The lowest BCUT2D eigenvalue weighted by atomic mass is 10.2. The molecular weight excluding hydrogens is 188 g/mol. The van der Waals surface area contributed by atoms with E-state index in [1.165, 1.54) is 0 Å². The largest absolute Gasteiger partial charge is 0.445 e. The minimum absolute atomic E-state index is 0.386. The molecule has 2 unspecified atom stereocenters. The van der Waals surface area contributed by atoms with Crippen LogP contribution in [-0.2, 0) is 15.5 Å². The van der Waals surface area contributed by atoms with Crippen molar-refractivity contribution in [3.05, 3.63) is 29.8 Å². The predicted octanol–water partition coefficient (Wildman–Crippen LogP) is 1.31. The lowest BCUT2D eigenvalue weighted by Crippen LogP contribution is -2.27. The molecule has 0 bridgehead atoms. The number of hydrogen-bond acceptors (Lipinski definition) is 3. The minimum Gasteiger partial charge on any atom is -0.445 e. The Hall–Kier alpha value is -1.16. The van der Waals surface area contributed by atoms with Crippen molar-refractivity contribution in [2.75, 3.05) is 0 Å². The van der Waals surface area contributed by atoms with Gasteiger partial charge in [0, 0.05) is 0 Å². The molecule has 1 heterocycles. The van der Waals surface area contributed by atoms with E-state index < -0.39 is 16.2 Å². The third-order valence-electron chi connectivity index (χ3n) is 1.90. The first kappa shape index (κ1) is 8.44. The Balaban J connectivity index is 2.60. The fourth-order valence-electron chi connectivity index (χ4n) is 1.25. The maximum Gasteiger partial charge on any atom is 0.340 e. The summed E-state index contributed by atoms with van der Waals surface area (Å²) in [6.45, 7) is 1.63. The van der Waals surface area contributed by atoms with Gasteiger partial charge < -0.3 is 4.74 Å². The highest BCUT2D eigenvalue weighted by Crippen LogP contribution is 2.23. The number of carbonyl (C=O) groups excluding carboxylic acids is 1. The molecule has 0 N–H and O–H groups in total. The van der Waals surface area contributed by atoms with Crippen LogP contribution in [0, 0.1) is 0 Å². The normalized spacial score (nSPS) is 26.4. The van der Waals surface area contributed by atoms with Gasteiger partial charge in [-0.2, -0.15) is 0 Å². The Bertz CT molecular complexity index is 386. The second-order valence-corrected chi connectivity index (χ2v) is 4.47. The van der Waals surface area contributed by atoms with Crippen molar-refractivity contribution >= 4 is 16.8 Å². The number of hydrogen-bond donors (Lipinski definition) is 0. The van der Waals surface area contributed by atoms with E-state index in [0.717, 1.165) is 0 Å². The van der Waals surface area contributed by atoms with Crippen molar-refractivity contribution < 1.29 is 13.7 Å². The smallest absolute Gasteiger partial charge is 0.340 e. The monoisotopic (exact) mass is 196 g/mol. The molecule has 68 valence electrons. The van der Waals surface area contributed by atoms with Crippen LogP contribution in [0.4, 0.5) is 0 Å². The fraction of sp³-hybridized carbons (Fsp3) is 0.222. The molecule has 0 aromatic heterocycles. The van der Waals surface area contributed by atoms with Gasteiger partial charge in [-0.1, -0.05) is 12.1 Å². The quantitative estimate of drug-likeness (QED) is 0.587. The Labute approximate surface area is 78.2 Å². The zero-order valence-electron chi connectivity index (χ0n) is 7.02. The van der Waals surface area contributed by atoms with Gasteiger partial charge in [-0.15, -0.1) is 0 Å². The Morgan fingerprint density at radius 3 is 2.85 bits per heavy atom. The molecule has 0 saturated carbocycles. The Morgan fingerprint density at radius 2 is 2.08 bits per heavy atom. The van der Waals surface area contributed by atoms with Gasteiger partial charge in [0.25, 0.3) is 0 Å². The van der Waals surface area contributed by atoms with Crippen LogP contribution >= 0.6 is 0 Å². The van der Waals surface area contributed by atoms with Gasteiger partial charge in [0.2, 0.25) is 0 Å². The maximum atomic E-state index is 11.6. The number of ether oxygens (including phenoxy) is 1. The number of esters is 1. The van der Waals surface area contributed by atoms with E-state index in [0.29, 0.717) is 10.5 Å². The summed E-state index contributed by atoms with van der Waals surface area (Å²) in [5, 5.41) is 0. The van der Waals surface area contributed by atoms with Gasteiger partial charge in [-0.25, -0.2) is 4.79 Å². The lowest BCUT2D eigenvalue weighted by Gasteiger charge is -2.20. The predicted molar refractivity (Wildman–Crippen MR) is 47.7 cm³/mol. The van der Waals surface area contributed by atoms with Gasteiger partial charge in [0.1, 0.15) is 0 Å². The average Bonchev–Trinajstić information content (AvgIpc) is 2.15. The molecule has 0 spiro atoms. The first-order valence-electron chi connectivity index (χ1n) is 3.91. The second-order valence-electron chi connectivity index (χ2n) is 2.77. The standard InChI is InChI=1S/C9H8O3S/c1-6-12-9(10)7-4-2-3-5-8(7)13(6)11/h2-6H,1H3. The summed E-state index contributed by atoms with van der Waals surface area (Å²) in [6.07, 6.45) is 0. The molecule has 1 aliphatic rings. The molecule has 13 heavy (non-hydrogen) atoms. The molecule has 1 aromatic rings. The molecule has 3 nitrogen and oxygen atoms in total. The molecule has 2 rings (SSSR count). The van der Waals surface area contributed by atoms with E-state index >= 15 is 0 Å². The molecular formula is C9H8O3S. The number of cyclic esters (lactones) is 1. The summed E-state index contributed by atoms with van der Waals surface area (Å²) in [6, 6.07) is 6.82. The fourth-order valence-corrected chi connectivity index (χ4v) is 2.36. The van der Waals surface area contributed by atoms with Gasteiger partial charge in [0.15, 0.2) is 5.44 Å². The van der Waals surface area contributed by atoms with Gasteiger partial charge in [-0.3, -0.25) is 4.21 Å². The van der Waals surface area contributed by atoms with Gasteiger partial charge >= 0.3 is 5.97 Å². The van der Waals surface area contributed by atoms with Crippen molar-refractivity contribution in [2.24, 2.45) is 0 Å². The Kier molecular flexibility index (Phi) is 1.92. The van der Waals surface area contributed by atoms with E-state index in [1.54, 1.807) is 31.2 Å². The van der Waals surface area contributed by atoms with Crippen LogP contribution in [0.15, 0.2) is 29.2 Å². The molecule has 0 saturated heterocycles. The van der Waals surface area contributed by atoms with Crippen LogP contribution in [-0.4, -0.2) is 15.6 Å². The van der Waals surface area contributed by atoms with E-state index in [-0.39, 0.29) is 5.97 Å². The zero-order valence-corrected chi connectivity index (χ0v) is 7.84. The highest BCUT2D eigenvalue weighted by Gasteiger charge is 2.29. The van der Waals surface area contributed by atoms with Gasteiger partial charge in [-0.05, 0) is 19.1 Å². The molecule has 1 aliphatic heterocycles. The third-order valence-corrected chi connectivity index (χ3v) is 3.39. The topological polar surface area (TPSA) is 43.4 Å².